The van der Waals surface area contributed by atoms with Gasteiger partial charge in [0.05, 0.1) is 30.1 Å². The van der Waals surface area contributed by atoms with Gasteiger partial charge in [-0.2, -0.15) is 8.42 Å². The number of aliphatic hydroxyl groups excluding tert-OH is 1. The largest absolute Gasteiger partial charge is 0.503 e. The highest BCUT2D eigenvalue weighted by Crippen LogP contribution is 2.16. The maximum Gasteiger partial charge on any atom is 0.362 e. The van der Waals surface area contributed by atoms with Gasteiger partial charge in [-0.25, -0.2) is 32.5 Å². The highest BCUT2D eigenvalue weighted by molar-refractivity contribution is 7.90. The Hall–Kier alpha value is -5.76. The van der Waals surface area contributed by atoms with E-state index in [-0.39, 0.29) is 33.3 Å². The second-order valence-electron chi connectivity index (χ2n) is 11.2. The average molecular weight is 789 g/mol. The first-order valence-electron chi connectivity index (χ1n) is 14.4. The maximum absolute atomic E-state index is 13.2. The number of aliphatic hydroxyl groups is 1. The summed E-state index contributed by atoms with van der Waals surface area (Å²) in [4.78, 5) is 87.6. The van der Waals surface area contributed by atoms with Crippen LogP contribution in [0, 0.1) is 0 Å². The molecule has 26 heteroatoms. The molecule has 0 aliphatic carbocycles. The van der Waals surface area contributed by atoms with E-state index in [1.807, 2.05) is 0 Å². The summed E-state index contributed by atoms with van der Waals surface area (Å²) in [5.41, 5.74) is 1.27. The molecule has 1 aliphatic rings. The molecule has 2 atom stereocenters. The number of nitrogens with two attached hydrogens (primary N) is 1. The number of allylic oxidation sites excluding steroid dienone is 1. The number of urea groups is 1. The zero-order chi connectivity index (χ0) is 39.2. The predicted molar refractivity (Wildman–Crippen MR) is 182 cm³/mol. The van der Waals surface area contributed by atoms with Crippen LogP contribution in [0.4, 0.5) is 9.93 Å². The van der Waals surface area contributed by atoms with E-state index in [2.05, 4.69) is 37.4 Å². The number of carboxylic acids is 1. The van der Waals surface area contributed by atoms with Gasteiger partial charge in [0.1, 0.15) is 27.9 Å². The molecule has 3 amide bonds. The van der Waals surface area contributed by atoms with Gasteiger partial charge in [-0.1, -0.05) is 15.3 Å². The molecule has 0 radical (unpaired) electrons. The Morgan fingerprint density at radius 3 is 2.42 bits per heavy atom. The first-order valence-corrected chi connectivity index (χ1v) is 18.8. The van der Waals surface area contributed by atoms with Crippen LogP contribution in [0.1, 0.15) is 38.2 Å². The Morgan fingerprint density at radius 2 is 1.88 bits per heavy atom. The first kappa shape index (κ1) is 40.7. The SMILES string of the molecule is C=C[C@H](NC(=O)NS(=O)(=O)n1nc(C2=NC=C(O)C(=O)C2)n(CCCS(C)(=O)=O)c1=O)[C@@H](C=O)NC(=O)/C(=N\OC(C)(C)C(=O)O)c1csc(N)n1. The Morgan fingerprint density at radius 1 is 1.21 bits per heavy atom. The topological polar surface area (TPSA) is 343 Å². The van der Waals surface area contributed by atoms with Crippen molar-refractivity contribution in [2.75, 3.05) is 17.7 Å². The normalized spacial score (nSPS) is 15.1. The third kappa shape index (κ3) is 10.2. The van der Waals surface area contributed by atoms with Gasteiger partial charge in [0.25, 0.3) is 5.91 Å². The summed E-state index contributed by atoms with van der Waals surface area (Å²) in [5, 5.41) is 31.7. The van der Waals surface area contributed by atoms with Crippen molar-refractivity contribution in [1.82, 2.24) is 34.1 Å². The van der Waals surface area contributed by atoms with Gasteiger partial charge in [0.15, 0.2) is 22.4 Å². The van der Waals surface area contributed by atoms with E-state index in [0.29, 0.717) is 4.57 Å². The van der Waals surface area contributed by atoms with Gasteiger partial charge in [0, 0.05) is 18.2 Å². The van der Waals surface area contributed by atoms with Crippen LogP contribution in [0.3, 0.4) is 0 Å². The Balaban J connectivity index is 1.87. The Labute approximate surface area is 298 Å². The lowest BCUT2D eigenvalue weighted by Crippen LogP contribution is -2.56. The molecular weight excluding hydrogens is 757 g/mol. The van der Waals surface area contributed by atoms with E-state index in [9.17, 15) is 55.8 Å². The first-order chi connectivity index (χ1) is 24.1. The van der Waals surface area contributed by atoms with Gasteiger partial charge < -0.3 is 36.2 Å². The number of rotatable bonds is 17. The number of nitrogen functional groups attached to an aromatic ring is 1. The number of carbonyl (C=O) groups is 5. The van der Waals surface area contributed by atoms with Crippen molar-refractivity contribution in [2.24, 2.45) is 10.1 Å². The van der Waals surface area contributed by atoms with Crippen molar-refractivity contribution < 1.29 is 55.9 Å². The average Bonchev–Trinajstić information content (AvgIpc) is 3.62. The number of hydrogen-bond donors (Lipinski definition) is 6. The summed E-state index contributed by atoms with van der Waals surface area (Å²) >= 11 is 0.890. The molecular formula is C26H32N10O13S3. The van der Waals surface area contributed by atoms with Crippen molar-refractivity contribution in [3.63, 3.8) is 0 Å². The van der Waals surface area contributed by atoms with Crippen LogP contribution in [0.5, 0.6) is 0 Å². The molecule has 23 nitrogen and oxygen atoms in total. The summed E-state index contributed by atoms with van der Waals surface area (Å²) in [6.45, 7) is 5.30. The fraction of sp³-hybridized carbons (Fsp3) is 0.385. The number of thiazole rings is 1. The molecule has 52 heavy (non-hydrogen) atoms. The van der Waals surface area contributed by atoms with Gasteiger partial charge >= 0.3 is 27.9 Å². The highest BCUT2D eigenvalue weighted by atomic mass is 32.2. The van der Waals surface area contributed by atoms with Gasteiger partial charge in [-0.15, -0.1) is 23.0 Å². The van der Waals surface area contributed by atoms with Crippen molar-refractivity contribution in [2.45, 2.75) is 50.9 Å². The molecule has 0 saturated carbocycles. The minimum absolute atomic E-state index is 0.00948. The Kier molecular flexibility index (Phi) is 12.6. The second-order valence-corrected chi connectivity index (χ2v) is 15.8. The molecule has 2 aromatic rings. The second kappa shape index (κ2) is 16.1. The number of nitrogens with one attached hydrogen (secondary N) is 3. The summed E-state index contributed by atoms with van der Waals surface area (Å²) in [5.74, 6) is -5.06. The van der Waals surface area contributed by atoms with E-state index in [0.717, 1.165) is 43.7 Å². The molecule has 0 bridgehead atoms. The van der Waals surface area contributed by atoms with E-state index < -0.39 is 103 Å². The van der Waals surface area contributed by atoms with Crippen LogP contribution in [0.2, 0.25) is 0 Å². The minimum atomic E-state index is -5.22. The van der Waals surface area contributed by atoms with Crippen LogP contribution >= 0.6 is 11.3 Å². The summed E-state index contributed by atoms with van der Waals surface area (Å²) in [6, 6.07) is -4.78. The summed E-state index contributed by atoms with van der Waals surface area (Å²) in [7, 11) is -8.73. The van der Waals surface area contributed by atoms with Crippen molar-refractivity contribution in [3.05, 3.63) is 52.0 Å². The van der Waals surface area contributed by atoms with Crippen molar-refractivity contribution in [3.8, 4) is 0 Å². The number of Topliss-reactive ketones (excluding diaryl/α,β-unsaturated/α-hetero) is 1. The minimum Gasteiger partial charge on any atom is -0.503 e. The number of oxime groups is 1. The molecule has 3 heterocycles. The molecule has 7 N–H and O–H groups in total. The summed E-state index contributed by atoms with van der Waals surface area (Å²) in [6.07, 6.45) is 1.96. The summed E-state index contributed by atoms with van der Waals surface area (Å²) < 4.78 is 51.7. The van der Waals surface area contributed by atoms with Crippen molar-refractivity contribution in [1.29, 1.82) is 0 Å². The monoisotopic (exact) mass is 788 g/mol. The number of carbonyl (C=O) groups excluding carboxylic acids is 4. The molecule has 3 rings (SSSR count). The lowest BCUT2D eigenvalue weighted by molar-refractivity contribution is -0.161. The standard InChI is InChI=1S/C26H32N10O13S3/c1-5-13(15(11-37)29-21(40)19(16-12-50-23(27)30-16)33-49-26(2,3)22(41)42)31-24(43)34-52(47,48)36-25(44)35(7-6-8-51(4,45)46)20(32-36)14-9-17(38)18(39)10-28-14/h5,10-13,15,39H,1,6-9H2,2-4H3,(H2,27,30)(H,29,40)(H,41,42)(H2,31,34,43)/b33-19-/t13-,15+/m0/s1. The third-order valence-electron chi connectivity index (χ3n) is 6.64. The number of aromatic nitrogens is 4. The van der Waals surface area contributed by atoms with Gasteiger partial charge in [0.2, 0.25) is 11.4 Å². The number of aliphatic carboxylic acids is 1. The zero-order valence-electron chi connectivity index (χ0n) is 27.4. The number of anilines is 1. The number of hydrogen-bond acceptors (Lipinski definition) is 18. The highest BCUT2D eigenvalue weighted by Gasteiger charge is 2.33. The third-order valence-corrected chi connectivity index (χ3v) is 9.48. The van der Waals surface area contributed by atoms with Crippen LogP contribution in [-0.4, -0.2) is 117 Å². The van der Waals surface area contributed by atoms with E-state index in [1.165, 1.54) is 10.1 Å². The number of carboxylic acid groups (broad SMARTS) is 1. The maximum atomic E-state index is 13.2. The quantitative estimate of drug-likeness (QED) is 0.0421. The smallest absolute Gasteiger partial charge is 0.362 e. The molecule has 0 fully saturated rings. The molecule has 2 aromatic heterocycles. The zero-order valence-corrected chi connectivity index (χ0v) is 29.8. The molecule has 0 spiro atoms. The molecule has 0 saturated heterocycles. The fourth-order valence-corrected chi connectivity index (χ4v) is 6.00. The van der Waals surface area contributed by atoms with Crippen LogP contribution in [0.15, 0.2) is 44.9 Å². The number of nitrogens with zero attached hydrogens (tertiary/aromatic N) is 6. The van der Waals surface area contributed by atoms with Gasteiger partial charge in [-0.3, -0.25) is 19.1 Å². The number of aldehydes is 1. The number of ketones is 1. The Bertz CT molecular complexity index is 2160. The van der Waals surface area contributed by atoms with Gasteiger partial charge in [-0.05, 0) is 20.3 Å². The van der Waals surface area contributed by atoms with E-state index in [4.69, 9.17) is 10.6 Å². The lowest BCUT2D eigenvalue weighted by Gasteiger charge is -2.22. The van der Waals surface area contributed by atoms with E-state index >= 15 is 0 Å². The fourth-order valence-electron chi connectivity index (χ4n) is 3.93. The lowest BCUT2D eigenvalue weighted by atomic mass is 10.1. The number of sulfone groups is 1. The van der Waals surface area contributed by atoms with Crippen LogP contribution in [0.25, 0.3) is 0 Å². The number of aliphatic imine (C=N–C) groups is 1. The molecule has 0 unspecified atom stereocenters. The molecule has 1 aliphatic heterocycles. The number of amides is 3. The van der Waals surface area contributed by atoms with Crippen molar-refractivity contribution >= 4 is 77.9 Å². The van der Waals surface area contributed by atoms with Crippen LogP contribution in [-0.2, 0) is 50.6 Å². The molecule has 0 aromatic carbocycles. The van der Waals surface area contributed by atoms with E-state index in [1.54, 1.807) is 0 Å². The predicted octanol–water partition coefficient (Wildman–Crippen LogP) is -2.41. The molecule has 282 valence electrons. The van der Waals surface area contributed by atoms with Crippen LogP contribution < -0.4 is 26.8 Å².